The molecule has 0 saturated carbocycles. The third-order valence-corrected chi connectivity index (χ3v) is 7.56. The molecule has 1 N–H and O–H groups in total. The number of hydrogen-bond acceptors (Lipinski definition) is 5. The number of hydrazone groups is 1. The van der Waals surface area contributed by atoms with Gasteiger partial charge in [-0.25, -0.2) is 13.8 Å². The summed E-state index contributed by atoms with van der Waals surface area (Å²) in [6.07, 6.45) is 1.96. The van der Waals surface area contributed by atoms with Crippen molar-refractivity contribution in [3.63, 3.8) is 0 Å². The highest BCUT2D eigenvalue weighted by atomic mass is 32.2. The van der Waals surface area contributed by atoms with Gasteiger partial charge >= 0.3 is 0 Å². The van der Waals surface area contributed by atoms with Crippen molar-refractivity contribution in [1.29, 1.82) is 0 Å². The van der Waals surface area contributed by atoms with Crippen molar-refractivity contribution in [2.45, 2.75) is 17.9 Å². The van der Waals surface area contributed by atoms with Gasteiger partial charge in [-0.15, -0.1) is 0 Å². The van der Waals surface area contributed by atoms with Crippen LogP contribution in [0.15, 0.2) is 125 Å². The first kappa shape index (κ1) is 26.8. The largest absolute Gasteiger partial charge is 0.489 e. The van der Waals surface area contributed by atoms with Gasteiger partial charge in [-0.1, -0.05) is 91.0 Å². The van der Waals surface area contributed by atoms with Crippen LogP contribution in [0, 0.1) is 0 Å². The van der Waals surface area contributed by atoms with Crippen molar-refractivity contribution in [3.8, 4) is 5.75 Å². The van der Waals surface area contributed by atoms with E-state index in [1.807, 2.05) is 84.9 Å². The Hall–Kier alpha value is -4.27. The summed E-state index contributed by atoms with van der Waals surface area (Å²) in [4.78, 5) is 12.8. The molecule has 0 saturated heterocycles. The lowest BCUT2D eigenvalue weighted by molar-refractivity contribution is -0.121. The number of sulfonamides is 1. The molecule has 7 nitrogen and oxygen atoms in total. The molecule has 0 spiro atoms. The first-order valence-corrected chi connectivity index (χ1v) is 13.6. The molecule has 4 rings (SSSR count). The highest BCUT2D eigenvalue weighted by Crippen LogP contribution is 2.17. The normalized spacial score (nSPS) is 11.5. The molecule has 38 heavy (non-hydrogen) atoms. The zero-order valence-electron chi connectivity index (χ0n) is 20.8. The summed E-state index contributed by atoms with van der Waals surface area (Å²) in [6, 6.07) is 34.8. The van der Waals surface area contributed by atoms with E-state index in [1.165, 1.54) is 22.7 Å². The summed E-state index contributed by atoms with van der Waals surface area (Å²) in [6.45, 7) is 0.230. The summed E-state index contributed by atoms with van der Waals surface area (Å²) < 4.78 is 33.6. The van der Waals surface area contributed by atoms with E-state index < -0.39 is 15.9 Å². The van der Waals surface area contributed by atoms with E-state index in [0.29, 0.717) is 18.8 Å². The first-order chi connectivity index (χ1) is 18.5. The number of ether oxygens (including phenoxy) is 1. The quantitative estimate of drug-likeness (QED) is 0.215. The summed E-state index contributed by atoms with van der Waals surface area (Å²) in [5.74, 6) is 0.135. The second kappa shape index (κ2) is 13.3. The third kappa shape index (κ3) is 7.86. The molecule has 0 bridgehead atoms. The third-order valence-electron chi connectivity index (χ3n) is 5.70. The lowest BCUT2D eigenvalue weighted by atomic mass is 10.1. The van der Waals surface area contributed by atoms with E-state index in [4.69, 9.17) is 4.74 Å². The molecular weight excluding hydrogens is 498 g/mol. The van der Waals surface area contributed by atoms with Crippen molar-refractivity contribution >= 4 is 22.1 Å². The van der Waals surface area contributed by atoms with Crippen LogP contribution in [0.25, 0.3) is 0 Å². The van der Waals surface area contributed by atoms with Gasteiger partial charge in [0.05, 0.1) is 17.7 Å². The second-order valence-corrected chi connectivity index (χ2v) is 10.5. The van der Waals surface area contributed by atoms with Crippen LogP contribution < -0.4 is 10.2 Å². The maximum Gasteiger partial charge on any atom is 0.255 e. The van der Waals surface area contributed by atoms with E-state index in [2.05, 4.69) is 10.5 Å². The Balaban J connectivity index is 1.38. The van der Waals surface area contributed by atoms with Crippen molar-refractivity contribution in [2.75, 3.05) is 13.1 Å². The molecular formula is C30H29N3O4S. The summed E-state index contributed by atoms with van der Waals surface area (Å²) in [5, 5.41) is 4.03. The molecule has 194 valence electrons. The number of carbonyl (C=O) groups is 1. The molecule has 1 amide bonds. The Morgan fingerprint density at radius 3 is 2.13 bits per heavy atom. The Morgan fingerprint density at radius 1 is 0.816 bits per heavy atom. The van der Waals surface area contributed by atoms with Crippen LogP contribution in [0.2, 0.25) is 0 Å². The van der Waals surface area contributed by atoms with Crippen molar-refractivity contribution in [2.24, 2.45) is 5.10 Å². The van der Waals surface area contributed by atoms with Crippen LogP contribution in [0.1, 0.15) is 16.7 Å². The van der Waals surface area contributed by atoms with Gasteiger partial charge in [0, 0.05) is 6.54 Å². The Morgan fingerprint density at radius 2 is 1.45 bits per heavy atom. The summed E-state index contributed by atoms with van der Waals surface area (Å²) in [5.41, 5.74) is 5.21. The average molecular weight is 528 g/mol. The molecule has 8 heteroatoms. The van der Waals surface area contributed by atoms with Gasteiger partial charge in [0.2, 0.25) is 10.0 Å². The molecule has 0 aliphatic rings. The van der Waals surface area contributed by atoms with E-state index in [1.54, 1.807) is 18.2 Å². The van der Waals surface area contributed by atoms with E-state index in [9.17, 15) is 13.2 Å². The van der Waals surface area contributed by atoms with Crippen molar-refractivity contribution in [3.05, 3.63) is 132 Å². The topological polar surface area (TPSA) is 88.1 Å². The molecule has 0 aromatic heterocycles. The number of hydrogen-bond donors (Lipinski definition) is 1. The Bertz CT molecular complexity index is 1440. The number of nitrogens with one attached hydrogen (secondary N) is 1. The van der Waals surface area contributed by atoms with Crippen molar-refractivity contribution in [1.82, 2.24) is 9.73 Å². The number of amides is 1. The van der Waals surface area contributed by atoms with Gasteiger partial charge in [-0.3, -0.25) is 4.79 Å². The Labute approximate surface area is 223 Å². The molecule has 0 atom stereocenters. The molecule has 4 aromatic carbocycles. The van der Waals surface area contributed by atoms with Gasteiger partial charge in [0.15, 0.2) is 0 Å². The minimum Gasteiger partial charge on any atom is -0.489 e. The second-order valence-electron chi connectivity index (χ2n) is 8.53. The van der Waals surface area contributed by atoms with Crippen LogP contribution in [0.3, 0.4) is 0 Å². The predicted octanol–water partition coefficient (Wildman–Crippen LogP) is 4.65. The smallest absolute Gasteiger partial charge is 0.255 e. The van der Waals surface area contributed by atoms with Crippen molar-refractivity contribution < 1.29 is 17.9 Å². The fourth-order valence-electron chi connectivity index (χ4n) is 3.72. The molecule has 0 heterocycles. The summed E-state index contributed by atoms with van der Waals surface area (Å²) >= 11 is 0. The molecule has 0 fully saturated rings. The standard InChI is InChI=1S/C30H29N3O4S/c34-30(32-31-22-27-15-10-16-28(21-27)37-24-26-13-6-2-7-14-26)23-33(20-19-25-11-4-1-5-12-25)38(35,36)29-17-8-3-9-18-29/h1-18,21-22H,19-20,23-24H2,(H,32,34)/b31-22-. The highest BCUT2D eigenvalue weighted by molar-refractivity contribution is 7.89. The fourth-order valence-corrected chi connectivity index (χ4v) is 5.14. The van der Waals surface area contributed by atoms with E-state index in [-0.39, 0.29) is 18.0 Å². The van der Waals surface area contributed by atoms with Crippen LogP contribution in [0.5, 0.6) is 5.75 Å². The van der Waals surface area contributed by atoms with Gasteiger partial charge in [-0.05, 0) is 47.4 Å². The van der Waals surface area contributed by atoms with Crippen LogP contribution >= 0.6 is 0 Å². The van der Waals surface area contributed by atoms with Crippen LogP contribution in [-0.2, 0) is 27.8 Å². The van der Waals surface area contributed by atoms with Gasteiger partial charge in [0.1, 0.15) is 12.4 Å². The SMILES string of the molecule is O=C(CN(CCc1ccccc1)S(=O)(=O)c1ccccc1)N/N=C\c1cccc(OCc2ccccc2)c1. The van der Waals surface area contributed by atoms with Gasteiger partial charge in [0.25, 0.3) is 5.91 Å². The van der Waals surface area contributed by atoms with Gasteiger partial charge in [-0.2, -0.15) is 9.41 Å². The zero-order valence-corrected chi connectivity index (χ0v) is 21.6. The highest BCUT2D eigenvalue weighted by Gasteiger charge is 2.26. The predicted molar refractivity (Wildman–Crippen MR) is 148 cm³/mol. The zero-order chi connectivity index (χ0) is 26.6. The monoisotopic (exact) mass is 527 g/mol. The maximum absolute atomic E-state index is 13.3. The first-order valence-electron chi connectivity index (χ1n) is 12.2. The maximum atomic E-state index is 13.3. The van der Waals surface area contributed by atoms with Crippen LogP contribution in [0.4, 0.5) is 0 Å². The lowest BCUT2D eigenvalue weighted by Gasteiger charge is -2.21. The average Bonchev–Trinajstić information content (AvgIpc) is 2.96. The van der Waals surface area contributed by atoms with Gasteiger partial charge < -0.3 is 4.74 Å². The van der Waals surface area contributed by atoms with E-state index >= 15 is 0 Å². The van der Waals surface area contributed by atoms with E-state index in [0.717, 1.165) is 16.7 Å². The summed E-state index contributed by atoms with van der Waals surface area (Å²) in [7, 11) is -3.87. The molecule has 0 unspecified atom stereocenters. The molecule has 4 aromatic rings. The lowest BCUT2D eigenvalue weighted by Crippen LogP contribution is -2.40. The number of rotatable bonds is 12. The minimum absolute atomic E-state index is 0.136. The molecule has 0 radical (unpaired) electrons. The number of carbonyl (C=O) groups excluding carboxylic acids is 1. The number of nitrogens with zero attached hydrogens (tertiary/aromatic N) is 2. The molecule has 0 aliphatic carbocycles. The Kier molecular flexibility index (Phi) is 9.39. The minimum atomic E-state index is -3.87. The fraction of sp³-hybridized carbons (Fsp3) is 0.133. The molecule has 0 aliphatic heterocycles. The van der Waals surface area contributed by atoms with Crippen LogP contribution in [-0.4, -0.2) is 37.9 Å². The number of benzene rings is 4.